The van der Waals surface area contributed by atoms with Crippen LogP contribution in [0, 0.1) is 0 Å². The Hall–Kier alpha value is -3.36. The van der Waals surface area contributed by atoms with Crippen LogP contribution in [0.1, 0.15) is 11.3 Å². The van der Waals surface area contributed by atoms with Crippen LogP contribution in [-0.2, 0) is 16.9 Å². The molecule has 1 aliphatic heterocycles. The van der Waals surface area contributed by atoms with Crippen LogP contribution >= 0.6 is 0 Å². The van der Waals surface area contributed by atoms with Crippen molar-refractivity contribution in [2.45, 2.75) is 18.3 Å². The van der Waals surface area contributed by atoms with Gasteiger partial charge in [0.1, 0.15) is 5.65 Å². The van der Waals surface area contributed by atoms with Crippen LogP contribution in [0.3, 0.4) is 0 Å². The number of nitrogens with one attached hydrogen (secondary N) is 1. The Morgan fingerprint density at radius 3 is 2.41 bits per heavy atom. The highest BCUT2D eigenvalue weighted by atomic mass is 19.4. The minimum absolute atomic E-state index is 0.302. The molecule has 0 saturated carbocycles. The van der Waals surface area contributed by atoms with E-state index >= 15 is 0 Å². The number of amides is 3. The number of imide groups is 1. The van der Waals surface area contributed by atoms with Gasteiger partial charge in [-0.2, -0.15) is 13.2 Å². The number of pyridine rings is 1. The normalized spacial score (nSPS) is 20.3. The Morgan fingerprint density at radius 1 is 1.04 bits per heavy atom. The molecule has 0 spiro atoms. The molecule has 1 aromatic carbocycles. The zero-order valence-electron chi connectivity index (χ0n) is 13.8. The van der Waals surface area contributed by atoms with Crippen molar-refractivity contribution in [2.75, 3.05) is 0 Å². The molecule has 1 fully saturated rings. The molecule has 1 saturated heterocycles. The van der Waals surface area contributed by atoms with E-state index in [2.05, 4.69) is 4.98 Å². The highest BCUT2D eigenvalue weighted by Crippen LogP contribution is 2.43. The molecule has 4 rings (SSSR count). The number of fused-ring (bicyclic) bond motifs is 1. The Morgan fingerprint density at radius 2 is 1.74 bits per heavy atom. The van der Waals surface area contributed by atoms with E-state index < -0.39 is 23.7 Å². The fraction of sp³-hybridized carbons (Fsp3) is 0.167. The number of hydrogen-bond donors (Lipinski definition) is 1. The molecule has 1 N–H and O–H groups in total. The molecule has 6 nitrogen and oxygen atoms in total. The Labute approximate surface area is 151 Å². The average Bonchev–Trinajstić information content (AvgIpc) is 3.16. The molecular weight excluding hydrogens is 361 g/mol. The fourth-order valence-electron chi connectivity index (χ4n) is 3.18. The Kier molecular flexibility index (Phi) is 3.69. The lowest BCUT2D eigenvalue weighted by atomic mass is 9.89. The van der Waals surface area contributed by atoms with Gasteiger partial charge in [-0.1, -0.05) is 36.4 Å². The third kappa shape index (κ3) is 2.54. The SMILES string of the molecule is O=C1NC(c2ccccc2)(C(F)(F)F)C(=O)N1Cc1cn2ccccc2n1. The maximum absolute atomic E-state index is 13.9. The molecule has 3 amide bonds. The number of aromatic nitrogens is 2. The summed E-state index contributed by atoms with van der Waals surface area (Å²) < 4.78 is 43.4. The Balaban J connectivity index is 1.73. The van der Waals surface area contributed by atoms with Gasteiger partial charge in [-0.25, -0.2) is 9.78 Å². The summed E-state index contributed by atoms with van der Waals surface area (Å²) in [5.74, 6) is -1.37. The van der Waals surface area contributed by atoms with Gasteiger partial charge in [0.05, 0.1) is 12.2 Å². The largest absolute Gasteiger partial charge is 0.425 e. The molecule has 1 aliphatic rings. The number of imidazole rings is 1. The minimum atomic E-state index is -5.01. The number of carbonyl (C=O) groups is 2. The molecule has 3 aromatic rings. The molecule has 0 radical (unpaired) electrons. The van der Waals surface area contributed by atoms with Crippen LogP contribution in [0.25, 0.3) is 5.65 Å². The quantitative estimate of drug-likeness (QED) is 0.717. The number of carbonyl (C=O) groups excluding carboxylic acids is 2. The molecule has 3 heterocycles. The van der Waals surface area contributed by atoms with Gasteiger partial charge in [0, 0.05) is 12.4 Å². The number of rotatable bonds is 3. The fourth-order valence-corrected chi connectivity index (χ4v) is 3.18. The molecular formula is C18H13F3N4O2. The lowest BCUT2D eigenvalue weighted by Gasteiger charge is -2.29. The van der Waals surface area contributed by atoms with Crippen LogP contribution in [0.2, 0.25) is 0 Å². The molecule has 0 aliphatic carbocycles. The second kappa shape index (κ2) is 5.83. The summed E-state index contributed by atoms with van der Waals surface area (Å²) in [4.78, 5) is 29.9. The van der Waals surface area contributed by atoms with E-state index in [9.17, 15) is 22.8 Å². The second-order valence-corrected chi connectivity index (χ2v) is 6.13. The summed E-state index contributed by atoms with van der Waals surface area (Å²) in [5, 5.41) is 1.86. The van der Waals surface area contributed by atoms with Crippen molar-refractivity contribution in [1.29, 1.82) is 0 Å². The lowest BCUT2D eigenvalue weighted by molar-refractivity contribution is -0.198. The van der Waals surface area contributed by atoms with Gasteiger partial charge in [0.2, 0.25) is 5.54 Å². The van der Waals surface area contributed by atoms with Crippen LogP contribution < -0.4 is 5.32 Å². The third-order valence-corrected chi connectivity index (χ3v) is 4.47. The topological polar surface area (TPSA) is 66.7 Å². The number of urea groups is 1. The molecule has 138 valence electrons. The van der Waals surface area contributed by atoms with Crippen LogP contribution in [-0.4, -0.2) is 32.4 Å². The molecule has 2 aromatic heterocycles. The molecule has 27 heavy (non-hydrogen) atoms. The first-order valence-corrected chi connectivity index (χ1v) is 8.02. The maximum Gasteiger partial charge on any atom is 0.425 e. The van der Waals surface area contributed by atoms with E-state index in [1.165, 1.54) is 30.3 Å². The van der Waals surface area contributed by atoms with Crippen molar-refractivity contribution in [3.63, 3.8) is 0 Å². The van der Waals surface area contributed by atoms with Gasteiger partial charge < -0.3 is 9.72 Å². The van der Waals surface area contributed by atoms with Gasteiger partial charge in [-0.05, 0) is 17.7 Å². The predicted octanol–water partition coefficient (Wildman–Crippen LogP) is 2.84. The summed E-state index contributed by atoms with van der Waals surface area (Å²) in [7, 11) is 0. The third-order valence-electron chi connectivity index (χ3n) is 4.47. The van der Waals surface area contributed by atoms with E-state index in [4.69, 9.17) is 0 Å². The number of alkyl halides is 3. The standard InChI is InChI=1S/C18H13F3N4O2/c19-18(20,21)17(12-6-2-1-3-7-12)15(26)25(16(27)23-17)11-13-10-24-9-5-4-8-14(24)22-13/h1-10H,11H2,(H,23,27). The van der Waals surface area contributed by atoms with Crippen molar-refractivity contribution in [3.8, 4) is 0 Å². The summed E-state index contributed by atoms with van der Waals surface area (Å²) >= 11 is 0. The number of benzene rings is 1. The van der Waals surface area contributed by atoms with Gasteiger partial charge in [-0.15, -0.1) is 0 Å². The van der Waals surface area contributed by atoms with Crippen molar-refractivity contribution in [2.24, 2.45) is 0 Å². The smallest absolute Gasteiger partial charge is 0.312 e. The summed E-state index contributed by atoms with van der Waals surface area (Å²) in [5.41, 5.74) is -2.58. The van der Waals surface area contributed by atoms with Gasteiger partial charge >= 0.3 is 12.2 Å². The first kappa shape index (κ1) is 17.1. The van der Waals surface area contributed by atoms with Crippen molar-refractivity contribution in [1.82, 2.24) is 19.6 Å². The summed E-state index contributed by atoms with van der Waals surface area (Å²) in [6.07, 6.45) is -1.73. The Bertz CT molecular complexity index is 999. The van der Waals surface area contributed by atoms with Crippen LogP contribution in [0.15, 0.2) is 60.9 Å². The number of halogens is 3. The minimum Gasteiger partial charge on any atom is -0.312 e. The zero-order valence-corrected chi connectivity index (χ0v) is 13.8. The van der Waals surface area contributed by atoms with Gasteiger partial charge in [0.15, 0.2) is 0 Å². The van der Waals surface area contributed by atoms with Crippen LogP contribution in [0.4, 0.5) is 18.0 Å². The number of nitrogens with zero attached hydrogens (tertiary/aromatic N) is 3. The number of hydrogen-bond acceptors (Lipinski definition) is 3. The molecule has 0 bridgehead atoms. The van der Waals surface area contributed by atoms with E-state index in [-0.39, 0.29) is 12.1 Å². The first-order valence-electron chi connectivity index (χ1n) is 8.02. The summed E-state index contributed by atoms with van der Waals surface area (Å²) in [6.45, 7) is -0.364. The van der Waals surface area contributed by atoms with Crippen molar-refractivity contribution >= 4 is 17.6 Å². The van der Waals surface area contributed by atoms with Crippen LogP contribution in [0.5, 0.6) is 0 Å². The van der Waals surface area contributed by atoms with E-state index in [0.717, 1.165) is 0 Å². The maximum atomic E-state index is 13.9. The van der Waals surface area contributed by atoms with Crippen molar-refractivity contribution < 1.29 is 22.8 Å². The highest BCUT2D eigenvalue weighted by Gasteiger charge is 2.68. The van der Waals surface area contributed by atoms with E-state index in [0.29, 0.717) is 16.2 Å². The van der Waals surface area contributed by atoms with E-state index in [1.54, 1.807) is 35.0 Å². The van der Waals surface area contributed by atoms with Gasteiger partial charge in [0.25, 0.3) is 5.91 Å². The molecule has 1 unspecified atom stereocenters. The zero-order chi connectivity index (χ0) is 19.2. The molecule has 1 atom stereocenters. The highest BCUT2D eigenvalue weighted by molar-refractivity contribution is 6.08. The van der Waals surface area contributed by atoms with Gasteiger partial charge in [-0.3, -0.25) is 9.69 Å². The summed E-state index contributed by atoms with van der Waals surface area (Å²) in [6, 6.07) is 10.7. The lowest BCUT2D eigenvalue weighted by Crippen LogP contribution is -2.55. The van der Waals surface area contributed by atoms with Crippen molar-refractivity contribution in [3.05, 3.63) is 72.2 Å². The monoisotopic (exact) mass is 374 g/mol. The average molecular weight is 374 g/mol. The van der Waals surface area contributed by atoms with E-state index in [1.807, 2.05) is 5.32 Å². The first-order chi connectivity index (χ1) is 12.8. The second-order valence-electron chi connectivity index (χ2n) is 6.13. The predicted molar refractivity (Wildman–Crippen MR) is 88.4 cm³/mol. The molecule has 9 heteroatoms.